The smallest absolute Gasteiger partial charge is 0.340 e. The van der Waals surface area contributed by atoms with Gasteiger partial charge in [0.05, 0.1) is 5.52 Å². The van der Waals surface area contributed by atoms with Gasteiger partial charge in [-0.05, 0) is 30.5 Å². The molecule has 1 heterocycles. The summed E-state index contributed by atoms with van der Waals surface area (Å²) in [6.07, 6.45) is 2.48. The molecule has 0 bridgehead atoms. The first-order valence-electron chi connectivity index (χ1n) is 7.51. The first-order valence-corrected chi connectivity index (χ1v) is 7.51. The average molecular weight is 303 g/mol. The zero-order chi connectivity index (χ0) is 15.4. The van der Waals surface area contributed by atoms with E-state index in [-0.39, 0.29) is 19.6 Å². The van der Waals surface area contributed by atoms with Gasteiger partial charge < -0.3 is 9.47 Å². The molecule has 1 saturated carbocycles. The summed E-state index contributed by atoms with van der Waals surface area (Å²) in [5, 5.41) is 0.897. The van der Waals surface area contributed by atoms with Gasteiger partial charge in [0.2, 0.25) is 0 Å². The maximum atomic E-state index is 13.5. The molecule has 3 rings (SSSR count). The Morgan fingerprint density at radius 1 is 1.27 bits per heavy atom. The van der Waals surface area contributed by atoms with Crippen molar-refractivity contribution in [2.24, 2.45) is 5.92 Å². The van der Waals surface area contributed by atoms with Crippen molar-refractivity contribution in [3.8, 4) is 5.75 Å². The highest BCUT2D eigenvalue weighted by Gasteiger charge is 2.29. The molecule has 5 heteroatoms. The normalized spacial score (nSPS) is 15.5. The number of pyridine rings is 1. The van der Waals surface area contributed by atoms with E-state index in [1.54, 1.807) is 12.3 Å². The molecule has 1 aromatic carbocycles. The van der Waals surface area contributed by atoms with Crippen molar-refractivity contribution in [2.45, 2.75) is 25.4 Å². The Balaban J connectivity index is 1.47. The maximum Gasteiger partial charge on any atom is 0.340 e. The summed E-state index contributed by atoms with van der Waals surface area (Å²) in [6.45, 7) is 0.233. The quantitative estimate of drug-likeness (QED) is 0.581. The summed E-state index contributed by atoms with van der Waals surface area (Å²) < 4.78 is 24.0. The Labute approximate surface area is 128 Å². The Hall–Kier alpha value is -2.17. The van der Waals surface area contributed by atoms with Crippen molar-refractivity contribution >= 4 is 16.9 Å². The van der Waals surface area contributed by atoms with Crippen molar-refractivity contribution in [3.05, 3.63) is 36.5 Å². The van der Waals surface area contributed by atoms with Gasteiger partial charge in [-0.3, -0.25) is 4.98 Å². The van der Waals surface area contributed by atoms with Gasteiger partial charge in [0.25, 0.3) is 0 Å². The zero-order valence-electron chi connectivity index (χ0n) is 12.2. The molecule has 1 unspecified atom stereocenters. The fraction of sp³-hybridized carbons (Fsp3) is 0.412. The minimum atomic E-state index is -1.51. The van der Waals surface area contributed by atoms with Crippen LogP contribution in [0.2, 0.25) is 0 Å². The molecule has 22 heavy (non-hydrogen) atoms. The highest BCUT2D eigenvalue weighted by molar-refractivity contribution is 5.84. The number of hydrogen-bond donors (Lipinski definition) is 0. The Kier molecular flexibility index (Phi) is 4.51. The lowest BCUT2D eigenvalue weighted by Gasteiger charge is -2.11. The van der Waals surface area contributed by atoms with E-state index in [4.69, 9.17) is 9.47 Å². The summed E-state index contributed by atoms with van der Waals surface area (Å²) >= 11 is 0. The molecule has 0 aliphatic heterocycles. The second kappa shape index (κ2) is 6.73. The van der Waals surface area contributed by atoms with Gasteiger partial charge in [0.15, 0.2) is 6.17 Å². The van der Waals surface area contributed by atoms with Crippen molar-refractivity contribution < 1.29 is 18.7 Å². The number of ether oxygens (including phenoxy) is 2. The van der Waals surface area contributed by atoms with Crippen LogP contribution in [0.15, 0.2) is 36.5 Å². The number of halogens is 1. The van der Waals surface area contributed by atoms with Crippen LogP contribution in [-0.4, -0.2) is 30.3 Å². The molecular weight excluding hydrogens is 285 g/mol. The molecule has 1 fully saturated rings. The number of carbonyl (C=O) groups excluding carboxylic acids is 1. The third-order valence-corrected chi connectivity index (χ3v) is 3.69. The van der Waals surface area contributed by atoms with Crippen molar-refractivity contribution in [1.29, 1.82) is 0 Å². The van der Waals surface area contributed by atoms with Gasteiger partial charge in [-0.2, -0.15) is 0 Å². The predicted molar refractivity (Wildman–Crippen MR) is 80.4 cm³/mol. The average Bonchev–Trinajstić information content (AvgIpc) is 3.35. The van der Waals surface area contributed by atoms with Gasteiger partial charge in [0, 0.05) is 11.6 Å². The first-order chi connectivity index (χ1) is 10.7. The van der Waals surface area contributed by atoms with E-state index < -0.39 is 12.1 Å². The van der Waals surface area contributed by atoms with Crippen LogP contribution < -0.4 is 4.74 Å². The number of fused-ring (bicyclic) bond motifs is 1. The van der Waals surface area contributed by atoms with Crippen LogP contribution in [0.3, 0.4) is 0 Å². The molecule has 0 radical (unpaired) electrons. The van der Waals surface area contributed by atoms with Crippen molar-refractivity contribution in [1.82, 2.24) is 4.98 Å². The monoisotopic (exact) mass is 303 g/mol. The van der Waals surface area contributed by atoms with Crippen LogP contribution in [0.1, 0.15) is 19.3 Å². The predicted octanol–water partition coefficient (Wildman–Crippen LogP) is 3.30. The van der Waals surface area contributed by atoms with Gasteiger partial charge in [0.1, 0.15) is 19.0 Å². The van der Waals surface area contributed by atoms with Gasteiger partial charge in [-0.1, -0.05) is 25.0 Å². The van der Waals surface area contributed by atoms with Gasteiger partial charge in [-0.15, -0.1) is 0 Å². The van der Waals surface area contributed by atoms with Crippen molar-refractivity contribution in [2.75, 3.05) is 13.2 Å². The number of rotatable bonds is 7. The van der Waals surface area contributed by atoms with E-state index in [1.165, 1.54) is 0 Å². The number of carbonyl (C=O) groups is 1. The Morgan fingerprint density at radius 2 is 2.09 bits per heavy atom. The summed E-state index contributed by atoms with van der Waals surface area (Å²) in [5.74, 6) is 0.258. The van der Waals surface area contributed by atoms with Gasteiger partial charge >= 0.3 is 5.97 Å². The molecule has 1 aliphatic carbocycles. The van der Waals surface area contributed by atoms with E-state index in [0.29, 0.717) is 11.7 Å². The lowest BCUT2D eigenvalue weighted by atomic mass is 10.2. The summed E-state index contributed by atoms with van der Waals surface area (Å²) in [4.78, 5) is 15.7. The third-order valence-electron chi connectivity index (χ3n) is 3.69. The largest absolute Gasteiger partial charge is 0.489 e. The van der Waals surface area contributed by atoms with E-state index in [0.717, 1.165) is 23.7 Å². The molecule has 4 nitrogen and oxygen atoms in total. The van der Waals surface area contributed by atoms with Crippen LogP contribution in [0, 0.1) is 5.92 Å². The number of hydrogen-bond acceptors (Lipinski definition) is 4. The summed E-state index contributed by atoms with van der Waals surface area (Å²) in [7, 11) is 0. The highest BCUT2D eigenvalue weighted by atomic mass is 19.1. The standard InChI is InChI=1S/C17H18FNO3/c18-14(11-12-5-6-12)17(20)22-10-9-21-16-7-8-19-15-4-2-1-3-13(15)16/h1-4,7-8,12,14H,5-6,9-11H2. The number of benzene rings is 1. The second-order valence-corrected chi connectivity index (χ2v) is 5.49. The molecule has 1 aliphatic rings. The van der Waals surface area contributed by atoms with E-state index >= 15 is 0 Å². The van der Waals surface area contributed by atoms with Crippen LogP contribution >= 0.6 is 0 Å². The molecular formula is C17H18FNO3. The molecule has 116 valence electrons. The molecule has 1 atom stereocenters. The van der Waals surface area contributed by atoms with Gasteiger partial charge in [-0.25, -0.2) is 9.18 Å². The molecule has 1 aromatic heterocycles. The van der Waals surface area contributed by atoms with Crippen LogP contribution in [0.5, 0.6) is 5.75 Å². The SMILES string of the molecule is O=C(OCCOc1ccnc2ccccc12)C(F)CC1CC1. The number of aromatic nitrogens is 1. The van der Waals surface area contributed by atoms with Crippen LogP contribution in [-0.2, 0) is 9.53 Å². The fourth-order valence-corrected chi connectivity index (χ4v) is 2.32. The third kappa shape index (κ3) is 3.72. The summed E-state index contributed by atoms with van der Waals surface area (Å²) in [5.41, 5.74) is 0.838. The van der Waals surface area contributed by atoms with E-state index in [1.807, 2.05) is 24.3 Å². The number of esters is 1. The molecule has 0 spiro atoms. The maximum absolute atomic E-state index is 13.5. The molecule has 0 amide bonds. The fourth-order valence-electron chi connectivity index (χ4n) is 2.32. The lowest BCUT2D eigenvalue weighted by molar-refractivity contribution is -0.150. The molecule has 2 aromatic rings. The topological polar surface area (TPSA) is 48.4 Å². The highest BCUT2D eigenvalue weighted by Crippen LogP contribution is 2.34. The van der Waals surface area contributed by atoms with E-state index in [2.05, 4.69) is 4.98 Å². The van der Waals surface area contributed by atoms with Crippen LogP contribution in [0.4, 0.5) is 4.39 Å². The number of nitrogens with zero attached hydrogens (tertiary/aromatic N) is 1. The Morgan fingerprint density at radius 3 is 2.91 bits per heavy atom. The minimum absolute atomic E-state index is 0.0422. The molecule has 0 saturated heterocycles. The molecule has 0 N–H and O–H groups in total. The van der Waals surface area contributed by atoms with Crippen LogP contribution in [0.25, 0.3) is 10.9 Å². The first kappa shape index (κ1) is 14.8. The minimum Gasteiger partial charge on any atom is -0.489 e. The number of alkyl halides is 1. The van der Waals surface area contributed by atoms with Crippen molar-refractivity contribution in [3.63, 3.8) is 0 Å². The lowest BCUT2D eigenvalue weighted by Crippen LogP contribution is -2.22. The summed E-state index contributed by atoms with van der Waals surface area (Å²) in [6, 6.07) is 9.38. The second-order valence-electron chi connectivity index (χ2n) is 5.49. The Bertz CT molecular complexity index is 652. The zero-order valence-corrected chi connectivity index (χ0v) is 12.2. The number of para-hydroxylation sites is 1. The van der Waals surface area contributed by atoms with E-state index in [9.17, 15) is 9.18 Å².